The zero-order chi connectivity index (χ0) is 25.2. The highest BCUT2D eigenvalue weighted by Gasteiger charge is 2.21. The lowest BCUT2D eigenvalue weighted by Gasteiger charge is -2.14. The van der Waals surface area contributed by atoms with Gasteiger partial charge in [0.25, 0.3) is 11.8 Å². The summed E-state index contributed by atoms with van der Waals surface area (Å²) in [6.07, 6.45) is 4.58. The Hall–Kier alpha value is -4.86. The summed E-state index contributed by atoms with van der Waals surface area (Å²) in [6, 6.07) is 13.7. The molecule has 0 saturated carbocycles. The summed E-state index contributed by atoms with van der Waals surface area (Å²) in [5, 5.41) is 10.3. The predicted octanol–water partition coefficient (Wildman–Crippen LogP) is 5.31. The fraction of sp³-hybridized carbons (Fsp3) is 0.115. The van der Waals surface area contributed by atoms with Crippen LogP contribution in [-0.2, 0) is 0 Å². The molecule has 1 aromatic carbocycles. The van der Waals surface area contributed by atoms with Gasteiger partial charge in [0.1, 0.15) is 17.2 Å². The van der Waals surface area contributed by atoms with E-state index < -0.39 is 17.6 Å². The summed E-state index contributed by atoms with van der Waals surface area (Å²) in [4.78, 5) is 34.8. The Morgan fingerprint density at radius 1 is 1.00 bits per heavy atom. The first-order valence-corrected chi connectivity index (χ1v) is 11.2. The molecule has 5 aromatic rings. The lowest BCUT2D eigenvalue weighted by molar-refractivity contribution is 0.101. The number of amides is 2. The van der Waals surface area contributed by atoms with Gasteiger partial charge in [0.05, 0.1) is 34.8 Å². The van der Waals surface area contributed by atoms with Crippen molar-refractivity contribution >= 4 is 34.2 Å². The molecule has 0 bridgehead atoms. The molecule has 180 valence electrons. The number of hydrogen-bond acceptors (Lipinski definition) is 6. The van der Waals surface area contributed by atoms with Crippen molar-refractivity contribution in [2.45, 2.75) is 19.9 Å². The largest absolute Gasteiger partial charge is 0.463 e. The maximum Gasteiger partial charge on any atom is 0.274 e. The first-order chi connectivity index (χ1) is 17.4. The average Bonchev–Trinajstić information content (AvgIpc) is 3.56. The van der Waals surface area contributed by atoms with Gasteiger partial charge in [-0.15, -0.1) is 0 Å². The van der Waals surface area contributed by atoms with E-state index in [1.165, 1.54) is 24.6 Å². The van der Waals surface area contributed by atoms with E-state index in [1.807, 2.05) is 13.8 Å². The van der Waals surface area contributed by atoms with E-state index in [0.717, 1.165) is 6.07 Å². The van der Waals surface area contributed by atoms with E-state index in [1.54, 1.807) is 47.3 Å². The number of carbonyl (C=O) groups excluding carboxylic acids is 2. The minimum atomic E-state index is -0.579. The van der Waals surface area contributed by atoms with Crippen molar-refractivity contribution in [3.8, 4) is 11.5 Å². The number of halogens is 1. The van der Waals surface area contributed by atoms with Gasteiger partial charge in [0, 0.05) is 12.2 Å². The summed E-state index contributed by atoms with van der Waals surface area (Å²) in [5.74, 6) is -1.12. The van der Waals surface area contributed by atoms with Gasteiger partial charge in [-0.3, -0.25) is 14.6 Å². The highest BCUT2D eigenvalue weighted by Crippen LogP contribution is 2.29. The molecule has 0 aliphatic heterocycles. The Morgan fingerprint density at radius 3 is 2.56 bits per heavy atom. The molecule has 0 spiro atoms. The van der Waals surface area contributed by atoms with Crippen LogP contribution in [0.15, 0.2) is 77.7 Å². The second-order valence-corrected chi connectivity index (χ2v) is 8.27. The van der Waals surface area contributed by atoms with E-state index in [9.17, 15) is 14.0 Å². The lowest BCUT2D eigenvalue weighted by Crippen LogP contribution is -2.18. The fourth-order valence-electron chi connectivity index (χ4n) is 3.74. The van der Waals surface area contributed by atoms with Crippen LogP contribution in [0.4, 0.5) is 15.8 Å². The third kappa shape index (κ3) is 4.43. The van der Waals surface area contributed by atoms with E-state index in [2.05, 4.69) is 25.7 Å². The quantitative estimate of drug-likeness (QED) is 0.338. The van der Waals surface area contributed by atoms with Gasteiger partial charge in [-0.25, -0.2) is 14.1 Å². The number of anilines is 2. The van der Waals surface area contributed by atoms with Gasteiger partial charge >= 0.3 is 0 Å². The number of nitrogens with one attached hydrogen (secondary N) is 2. The SMILES string of the molecule is CC(C)n1ncc2c(C(=O)Nc3cc(F)ccc3NC(=O)c3ccccn3)cc(-c3ccco3)nc21. The zero-order valence-electron chi connectivity index (χ0n) is 19.4. The van der Waals surface area contributed by atoms with Gasteiger partial charge in [0.2, 0.25) is 0 Å². The molecule has 10 heteroatoms. The Balaban J connectivity index is 1.53. The summed E-state index contributed by atoms with van der Waals surface area (Å²) in [6.45, 7) is 3.91. The molecule has 4 heterocycles. The molecule has 0 unspecified atom stereocenters. The van der Waals surface area contributed by atoms with Crippen molar-refractivity contribution < 1.29 is 18.4 Å². The van der Waals surface area contributed by atoms with Gasteiger partial charge in [0.15, 0.2) is 11.4 Å². The minimum Gasteiger partial charge on any atom is -0.463 e. The first-order valence-electron chi connectivity index (χ1n) is 11.2. The zero-order valence-corrected chi connectivity index (χ0v) is 19.4. The summed E-state index contributed by atoms with van der Waals surface area (Å²) in [7, 11) is 0. The van der Waals surface area contributed by atoms with Gasteiger partial charge < -0.3 is 15.1 Å². The van der Waals surface area contributed by atoms with Gasteiger partial charge in [-0.05, 0) is 62.4 Å². The molecule has 5 rings (SSSR count). The average molecular weight is 484 g/mol. The number of aromatic nitrogens is 4. The maximum atomic E-state index is 14.1. The van der Waals surface area contributed by atoms with E-state index in [0.29, 0.717) is 22.5 Å². The normalized spacial score (nSPS) is 11.1. The van der Waals surface area contributed by atoms with Crippen molar-refractivity contribution in [1.82, 2.24) is 19.7 Å². The molecular weight excluding hydrogens is 463 g/mol. The van der Waals surface area contributed by atoms with Crippen molar-refractivity contribution in [1.29, 1.82) is 0 Å². The van der Waals surface area contributed by atoms with Gasteiger partial charge in [-0.2, -0.15) is 5.10 Å². The van der Waals surface area contributed by atoms with Crippen LogP contribution < -0.4 is 10.6 Å². The molecule has 9 nitrogen and oxygen atoms in total. The van der Waals surface area contributed by atoms with E-state index >= 15 is 0 Å². The molecule has 0 aliphatic carbocycles. The van der Waals surface area contributed by atoms with Crippen molar-refractivity contribution in [3.63, 3.8) is 0 Å². The number of fused-ring (bicyclic) bond motifs is 1. The summed E-state index contributed by atoms with van der Waals surface area (Å²) in [5.41, 5.74) is 1.71. The molecule has 36 heavy (non-hydrogen) atoms. The van der Waals surface area contributed by atoms with Crippen molar-refractivity contribution in [3.05, 3.63) is 90.3 Å². The number of carbonyl (C=O) groups is 2. The molecule has 0 atom stereocenters. The number of benzene rings is 1. The van der Waals surface area contributed by atoms with Crippen LogP contribution in [0.1, 0.15) is 40.7 Å². The summed E-state index contributed by atoms with van der Waals surface area (Å²) >= 11 is 0. The minimum absolute atomic E-state index is 0.00519. The molecular formula is C26H21FN6O3. The Labute approximate surface area is 205 Å². The Morgan fingerprint density at radius 2 is 1.83 bits per heavy atom. The summed E-state index contributed by atoms with van der Waals surface area (Å²) < 4.78 is 21.3. The number of rotatable bonds is 6. The van der Waals surface area contributed by atoms with Crippen molar-refractivity contribution in [2.24, 2.45) is 0 Å². The first kappa shape index (κ1) is 22.9. The van der Waals surface area contributed by atoms with Crippen LogP contribution in [0, 0.1) is 5.82 Å². The maximum absolute atomic E-state index is 14.1. The van der Waals surface area contributed by atoms with Crippen LogP contribution >= 0.6 is 0 Å². The standard InChI is InChI=1S/C26H21FN6O3/c1-15(2)33-24-18(14-29-33)17(13-22(30-24)23-7-5-11-36-23)25(34)32-21-12-16(27)8-9-19(21)31-26(35)20-6-3-4-10-28-20/h3-15H,1-2H3,(H,31,35)(H,32,34). The second-order valence-electron chi connectivity index (χ2n) is 8.27. The van der Waals surface area contributed by atoms with Crippen molar-refractivity contribution in [2.75, 3.05) is 10.6 Å². The Bertz CT molecular complexity index is 1560. The van der Waals surface area contributed by atoms with E-state index in [-0.39, 0.29) is 28.7 Å². The second kappa shape index (κ2) is 9.41. The fourth-order valence-corrected chi connectivity index (χ4v) is 3.74. The topological polar surface area (TPSA) is 115 Å². The highest BCUT2D eigenvalue weighted by molar-refractivity contribution is 6.14. The molecule has 0 radical (unpaired) electrons. The van der Waals surface area contributed by atoms with E-state index in [4.69, 9.17) is 4.42 Å². The predicted molar refractivity (Wildman–Crippen MR) is 132 cm³/mol. The Kier molecular flexibility index (Phi) is 5.99. The monoisotopic (exact) mass is 484 g/mol. The molecule has 4 aromatic heterocycles. The third-order valence-electron chi connectivity index (χ3n) is 5.45. The van der Waals surface area contributed by atoms with Crippen LogP contribution in [0.25, 0.3) is 22.5 Å². The number of nitrogens with zero attached hydrogens (tertiary/aromatic N) is 4. The third-order valence-corrected chi connectivity index (χ3v) is 5.45. The smallest absolute Gasteiger partial charge is 0.274 e. The van der Waals surface area contributed by atoms with Crippen LogP contribution in [0.5, 0.6) is 0 Å². The number of pyridine rings is 2. The van der Waals surface area contributed by atoms with Crippen LogP contribution in [-0.4, -0.2) is 31.6 Å². The van der Waals surface area contributed by atoms with Crippen LogP contribution in [0.2, 0.25) is 0 Å². The molecule has 0 saturated heterocycles. The number of furan rings is 1. The molecule has 0 fully saturated rings. The lowest BCUT2D eigenvalue weighted by atomic mass is 10.1. The molecule has 2 N–H and O–H groups in total. The van der Waals surface area contributed by atoms with Crippen LogP contribution in [0.3, 0.4) is 0 Å². The molecule has 0 aliphatic rings. The van der Waals surface area contributed by atoms with Gasteiger partial charge in [-0.1, -0.05) is 6.07 Å². The molecule has 2 amide bonds. The highest BCUT2D eigenvalue weighted by atomic mass is 19.1. The number of hydrogen-bond donors (Lipinski definition) is 2.